The summed E-state index contributed by atoms with van der Waals surface area (Å²) in [6.07, 6.45) is 0.889. The van der Waals surface area contributed by atoms with E-state index in [1.165, 1.54) is 24.3 Å². The van der Waals surface area contributed by atoms with Crippen LogP contribution in [-0.4, -0.2) is 19.3 Å². The highest BCUT2D eigenvalue weighted by molar-refractivity contribution is 7.89. The van der Waals surface area contributed by atoms with Crippen LogP contribution in [0.2, 0.25) is 0 Å². The highest BCUT2D eigenvalue weighted by Gasteiger charge is 2.16. The predicted octanol–water partition coefficient (Wildman–Crippen LogP) is 1.12. The Labute approximate surface area is 114 Å². The number of benzene rings is 1. The first kappa shape index (κ1) is 14.1. The molecule has 20 heavy (non-hydrogen) atoms. The molecule has 2 aromatic rings. The van der Waals surface area contributed by atoms with Crippen LogP contribution >= 0.6 is 0 Å². The van der Waals surface area contributed by atoms with Crippen LogP contribution < -0.4 is 10.5 Å². The number of aromatic nitrogens is 1. The maximum absolute atomic E-state index is 12.7. The molecule has 1 heterocycles. The number of para-hydroxylation sites is 1. The van der Waals surface area contributed by atoms with E-state index in [9.17, 15) is 17.6 Å². The summed E-state index contributed by atoms with van der Waals surface area (Å²) in [6.45, 7) is 0. The number of primary sulfonamides is 1. The number of carbonyl (C=O) groups excluding carboxylic acids is 1. The third-order valence-electron chi connectivity index (χ3n) is 2.40. The second kappa shape index (κ2) is 5.35. The highest BCUT2D eigenvalue weighted by atomic mass is 32.2. The van der Waals surface area contributed by atoms with Gasteiger partial charge in [0.25, 0.3) is 5.91 Å². The van der Waals surface area contributed by atoms with Crippen LogP contribution in [0.3, 0.4) is 0 Å². The SMILES string of the molecule is NS(=O)(=O)c1ccccc1NC(=O)c1ccc(F)cn1. The van der Waals surface area contributed by atoms with Crippen molar-refractivity contribution in [3.8, 4) is 0 Å². The number of nitrogens with one attached hydrogen (secondary N) is 1. The summed E-state index contributed by atoms with van der Waals surface area (Å²) in [7, 11) is -3.96. The number of rotatable bonds is 3. The van der Waals surface area contributed by atoms with Crippen molar-refractivity contribution in [3.05, 3.63) is 54.1 Å². The third-order valence-corrected chi connectivity index (χ3v) is 3.37. The minimum Gasteiger partial charge on any atom is -0.319 e. The van der Waals surface area contributed by atoms with E-state index in [0.717, 1.165) is 12.3 Å². The Morgan fingerprint density at radius 1 is 1.20 bits per heavy atom. The molecule has 0 unspecified atom stereocenters. The molecule has 0 aliphatic rings. The Morgan fingerprint density at radius 3 is 2.50 bits per heavy atom. The first-order valence-electron chi connectivity index (χ1n) is 5.42. The first-order valence-corrected chi connectivity index (χ1v) is 6.97. The maximum atomic E-state index is 12.7. The normalized spacial score (nSPS) is 11.1. The van der Waals surface area contributed by atoms with E-state index in [0.29, 0.717) is 0 Å². The molecule has 3 N–H and O–H groups in total. The van der Waals surface area contributed by atoms with E-state index >= 15 is 0 Å². The van der Waals surface area contributed by atoms with Crippen LogP contribution in [0.5, 0.6) is 0 Å². The number of carbonyl (C=O) groups is 1. The number of anilines is 1. The van der Waals surface area contributed by atoms with E-state index in [4.69, 9.17) is 5.14 Å². The Morgan fingerprint density at radius 2 is 1.90 bits per heavy atom. The molecule has 0 spiro atoms. The van der Waals surface area contributed by atoms with Crippen LogP contribution in [0, 0.1) is 5.82 Å². The van der Waals surface area contributed by atoms with Gasteiger partial charge >= 0.3 is 0 Å². The van der Waals surface area contributed by atoms with Crippen molar-refractivity contribution in [2.45, 2.75) is 4.90 Å². The fourth-order valence-corrected chi connectivity index (χ4v) is 2.21. The van der Waals surface area contributed by atoms with Gasteiger partial charge in [0.05, 0.1) is 11.9 Å². The van der Waals surface area contributed by atoms with Gasteiger partial charge in [-0.3, -0.25) is 4.79 Å². The molecule has 0 fully saturated rings. The summed E-state index contributed by atoms with van der Waals surface area (Å²) in [5, 5.41) is 7.42. The quantitative estimate of drug-likeness (QED) is 0.885. The van der Waals surface area contributed by atoms with Crippen LogP contribution in [0.15, 0.2) is 47.5 Å². The van der Waals surface area contributed by atoms with Crippen LogP contribution in [-0.2, 0) is 10.0 Å². The van der Waals surface area contributed by atoms with E-state index in [1.54, 1.807) is 6.07 Å². The lowest BCUT2D eigenvalue weighted by Gasteiger charge is -2.08. The molecule has 0 aliphatic carbocycles. The fraction of sp³-hybridized carbons (Fsp3) is 0. The van der Waals surface area contributed by atoms with Crippen molar-refractivity contribution < 1.29 is 17.6 Å². The van der Waals surface area contributed by atoms with Crippen molar-refractivity contribution in [2.24, 2.45) is 5.14 Å². The summed E-state index contributed by atoms with van der Waals surface area (Å²) in [6, 6.07) is 7.94. The number of hydrogen-bond acceptors (Lipinski definition) is 4. The molecule has 2 rings (SSSR count). The molecule has 1 amide bonds. The van der Waals surface area contributed by atoms with Gasteiger partial charge in [0.15, 0.2) is 0 Å². The lowest BCUT2D eigenvalue weighted by atomic mass is 10.3. The van der Waals surface area contributed by atoms with Crippen LogP contribution in [0.4, 0.5) is 10.1 Å². The van der Waals surface area contributed by atoms with E-state index in [-0.39, 0.29) is 16.3 Å². The Kier molecular flexibility index (Phi) is 3.77. The molecule has 0 radical (unpaired) electrons. The Bertz CT molecular complexity index is 745. The standard InChI is InChI=1S/C12H10FN3O3S/c13-8-5-6-10(15-7-8)12(17)16-9-3-1-2-4-11(9)20(14,18)19/h1-7H,(H,16,17)(H2,14,18,19). The number of hydrogen-bond donors (Lipinski definition) is 2. The molecule has 0 aliphatic heterocycles. The van der Waals surface area contributed by atoms with Crippen molar-refractivity contribution in [1.29, 1.82) is 0 Å². The topological polar surface area (TPSA) is 102 Å². The first-order chi connectivity index (χ1) is 9.38. The molecule has 6 nitrogen and oxygen atoms in total. The van der Waals surface area contributed by atoms with Crippen LogP contribution in [0.1, 0.15) is 10.5 Å². The smallest absolute Gasteiger partial charge is 0.274 e. The average Bonchev–Trinajstić information content (AvgIpc) is 2.38. The summed E-state index contributed by atoms with van der Waals surface area (Å²) < 4.78 is 35.5. The zero-order valence-corrected chi connectivity index (χ0v) is 10.9. The molecule has 0 saturated carbocycles. The second-order valence-corrected chi connectivity index (χ2v) is 5.39. The number of pyridine rings is 1. The highest BCUT2D eigenvalue weighted by Crippen LogP contribution is 2.19. The number of amides is 1. The predicted molar refractivity (Wildman–Crippen MR) is 70.0 cm³/mol. The summed E-state index contributed by atoms with van der Waals surface area (Å²) >= 11 is 0. The summed E-state index contributed by atoms with van der Waals surface area (Å²) in [4.78, 5) is 15.3. The fourth-order valence-electron chi connectivity index (χ4n) is 1.51. The molecular weight excluding hydrogens is 285 g/mol. The van der Waals surface area contributed by atoms with E-state index in [2.05, 4.69) is 10.3 Å². The van der Waals surface area contributed by atoms with Crippen molar-refractivity contribution in [3.63, 3.8) is 0 Å². The van der Waals surface area contributed by atoms with Crippen LogP contribution in [0.25, 0.3) is 0 Å². The molecule has 0 saturated heterocycles. The second-order valence-electron chi connectivity index (χ2n) is 3.86. The molecular formula is C12H10FN3O3S. The van der Waals surface area contributed by atoms with Gasteiger partial charge in [-0.2, -0.15) is 0 Å². The number of nitrogens with zero attached hydrogens (tertiary/aromatic N) is 1. The van der Waals surface area contributed by atoms with Gasteiger partial charge in [0.1, 0.15) is 16.4 Å². The van der Waals surface area contributed by atoms with E-state index < -0.39 is 21.7 Å². The van der Waals surface area contributed by atoms with Gasteiger partial charge < -0.3 is 5.32 Å². The minimum absolute atomic E-state index is 0.0334. The van der Waals surface area contributed by atoms with Crippen molar-refractivity contribution in [2.75, 3.05) is 5.32 Å². The van der Waals surface area contributed by atoms with Gasteiger partial charge in [0, 0.05) is 0 Å². The zero-order valence-electron chi connectivity index (χ0n) is 10.1. The van der Waals surface area contributed by atoms with Gasteiger partial charge in [-0.1, -0.05) is 12.1 Å². The molecule has 1 aromatic carbocycles. The average molecular weight is 295 g/mol. The third kappa shape index (κ3) is 3.16. The summed E-state index contributed by atoms with van der Waals surface area (Å²) in [5.41, 5.74) is -0.0123. The Hall–Kier alpha value is -2.32. The van der Waals surface area contributed by atoms with Gasteiger partial charge in [-0.25, -0.2) is 22.9 Å². The van der Waals surface area contributed by atoms with Gasteiger partial charge in [-0.15, -0.1) is 0 Å². The number of nitrogens with two attached hydrogens (primary N) is 1. The molecule has 0 atom stereocenters. The van der Waals surface area contributed by atoms with Crippen molar-refractivity contribution in [1.82, 2.24) is 4.98 Å². The lowest BCUT2D eigenvalue weighted by molar-refractivity contribution is 0.102. The molecule has 8 heteroatoms. The van der Waals surface area contributed by atoms with Crippen molar-refractivity contribution >= 4 is 21.6 Å². The minimum atomic E-state index is -3.96. The molecule has 104 valence electrons. The molecule has 1 aromatic heterocycles. The Balaban J connectivity index is 2.31. The number of sulfonamides is 1. The van der Waals surface area contributed by atoms with E-state index in [1.807, 2.05) is 0 Å². The van der Waals surface area contributed by atoms with Gasteiger partial charge in [0.2, 0.25) is 10.0 Å². The number of halogens is 1. The lowest BCUT2D eigenvalue weighted by Crippen LogP contribution is -2.19. The van der Waals surface area contributed by atoms with Gasteiger partial charge in [-0.05, 0) is 24.3 Å². The monoisotopic (exact) mass is 295 g/mol. The molecule has 0 bridgehead atoms. The zero-order chi connectivity index (χ0) is 14.8. The summed E-state index contributed by atoms with van der Waals surface area (Å²) in [5.74, 6) is -1.24. The maximum Gasteiger partial charge on any atom is 0.274 e. The largest absolute Gasteiger partial charge is 0.319 e.